The molecule has 118 valence electrons. The average molecular weight is 310 g/mol. The Bertz CT molecular complexity index is 459. The van der Waals surface area contributed by atoms with Gasteiger partial charge in [-0.3, -0.25) is 0 Å². The number of hydrogen-bond donors (Lipinski definition) is 2. The van der Waals surface area contributed by atoms with Gasteiger partial charge in [0.1, 0.15) is 0 Å². The first-order valence-corrected chi connectivity index (χ1v) is 8.74. The highest BCUT2D eigenvalue weighted by molar-refractivity contribution is 7.99. The predicted molar refractivity (Wildman–Crippen MR) is 91.5 cm³/mol. The second-order valence-corrected chi connectivity index (χ2v) is 7.41. The van der Waals surface area contributed by atoms with Crippen molar-refractivity contribution in [2.24, 2.45) is 0 Å². The third-order valence-electron chi connectivity index (χ3n) is 3.71. The van der Waals surface area contributed by atoms with Gasteiger partial charge < -0.3 is 15.5 Å². The van der Waals surface area contributed by atoms with Crippen molar-refractivity contribution >= 4 is 29.6 Å². The molecule has 0 aliphatic carbocycles. The molecule has 1 aromatic heterocycles. The fourth-order valence-electron chi connectivity index (χ4n) is 2.16. The molecule has 0 bridgehead atoms. The van der Waals surface area contributed by atoms with Crippen LogP contribution in [0.3, 0.4) is 0 Å². The fourth-order valence-corrected chi connectivity index (χ4v) is 2.37. The lowest BCUT2D eigenvalue weighted by Gasteiger charge is -2.27. The van der Waals surface area contributed by atoms with Gasteiger partial charge in [-0.05, 0) is 39.4 Å². The van der Waals surface area contributed by atoms with Gasteiger partial charge in [0.05, 0.1) is 0 Å². The molecule has 0 radical (unpaired) electrons. The standard InChI is InChI=1S/C14H26N6S/c1-14(2,21-4)10-16-12-17-11(15-3)18-13(19-12)20-8-6-5-7-9-20/h5-10H2,1-4H3,(H2,15,16,17,18,19). The second-order valence-electron chi connectivity index (χ2n) is 5.90. The Labute approximate surface area is 131 Å². The van der Waals surface area contributed by atoms with Gasteiger partial charge in [-0.15, -0.1) is 0 Å². The van der Waals surface area contributed by atoms with Crippen LogP contribution in [0.1, 0.15) is 33.1 Å². The Kier molecular flexibility index (Phi) is 5.50. The maximum atomic E-state index is 4.59. The molecule has 1 aliphatic heterocycles. The summed E-state index contributed by atoms with van der Waals surface area (Å²) in [6.07, 6.45) is 5.84. The largest absolute Gasteiger partial charge is 0.357 e. The van der Waals surface area contributed by atoms with Crippen LogP contribution in [-0.4, -0.2) is 52.6 Å². The van der Waals surface area contributed by atoms with E-state index in [2.05, 4.69) is 50.6 Å². The van der Waals surface area contributed by atoms with E-state index in [1.807, 2.05) is 18.8 Å². The highest BCUT2D eigenvalue weighted by Gasteiger charge is 2.19. The summed E-state index contributed by atoms with van der Waals surface area (Å²) in [5, 5.41) is 6.36. The van der Waals surface area contributed by atoms with Crippen LogP contribution < -0.4 is 15.5 Å². The molecule has 2 N–H and O–H groups in total. The molecule has 1 aromatic rings. The zero-order chi connectivity index (χ0) is 15.3. The van der Waals surface area contributed by atoms with Gasteiger partial charge >= 0.3 is 0 Å². The summed E-state index contributed by atoms with van der Waals surface area (Å²) in [7, 11) is 1.84. The van der Waals surface area contributed by atoms with Gasteiger partial charge in [0.15, 0.2) is 0 Å². The summed E-state index contributed by atoms with van der Waals surface area (Å²) in [5.41, 5.74) is 0. The Balaban J connectivity index is 2.13. The van der Waals surface area contributed by atoms with E-state index in [-0.39, 0.29) is 4.75 Å². The number of piperidine rings is 1. The molecule has 2 heterocycles. The highest BCUT2D eigenvalue weighted by Crippen LogP contribution is 2.22. The molecule has 0 saturated carbocycles. The zero-order valence-electron chi connectivity index (χ0n) is 13.4. The quantitative estimate of drug-likeness (QED) is 0.836. The summed E-state index contributed by atoms with van der Waals surface area (Å²) in [6, 6.07) is 0. The maximum Gasteiger partial charge on any atom is 0.231 e. The summed E-state index contributed by atoms with van der Waals surface area (Å²) in [6.45, 7) is 7.29. The maximum absolute atomic E-state index is 4.59. The summed E-state index contributed by atoms with van der Waals surface area (Å²) in [5.74, 6) is 2.05. The Morgan fingerprint density at radius 1 is 1.10 bits per heavy atom. The van der Waals surface area contributed by atoms with Crippen molar-refractivity contribution in [3.8, 4) is 0 Å². The first kappa shape index (κ1) is 16.1. The normalized spacial score (nSPS) is 15.9. The van der Waals surface area contributed by atoms with Gasteiger partial charge in [0.2, 0.25) is 17.8 Å². The van der Waals surface area contributed by atoms with Crippen LogP contribution in [0.4, 0.5) is 17.8 Å². The van der Waals surface area contributed by atoms with Gasteiger partial charge in [-0.1, -0.05) is 0 Å². The molecule has 0 atom stereocenters. The first-order chi connectivity index (χ1) is 10.0. The molecular formula is C14H26N6S. The topological polar surface area (TPSA) is 66.0 Å². The minimum absolute atomic E-state index is 0.151. The van der Waals surface area contributed by atoms with Crippen molar-refractivity contribution in [2.75, 3.05) is 48.5 Å². The Hall–Kier alpha value is -1.24. The number of rotatable bonds is 6. The smallest absolute Gasteiger partial charge is 0.231 e. The van der Waals surface area contributed by atoms with Crippen molar-refractivity contribution in [3.05, 3.63) is 0 Å². The van der Waals surface area contributed by atoms with Gasteiger partial charge in [0.25, 0.3) is 0 Å². The monoisotopic (exact) mass is 310 g/mol. The van der Waals surface area contributed by atoms with E-state index in [4.69, 9.17) is 0 Å². The van der Waals surface area contributed by atoms with E-state index >= 15 is 0 Å². The third-order valence-corrected chi connectivity index (χ3v) is 4.96. The summed E-state index contributed by atoms with van der Waals surface area (Å²) < 4.78 is 0.151. The fraction of sp³-hybridized carbons (Fsp3) is 0.786. The van der Waals surface area contributed by atoms with E-state index in [9.17, 15) is 0 Å². The lowest BCUT2D eigenvalue weighted by Crippen LogP contribution is -2.32. The minimum Gasteiger partial charge on any atom is -0.357 e. The molecule has 0 amide bonds. The number of anilines is 3. The molecule has 1 fully saturated rings. The van der Waals surface area contributed by atoms with Crippen LogP contribution in [0, 0.1) is 0 Å². The third kappa shape index (κ3) is 4.62. The second kappa shape index (κ2) is 7.15. The van der Waals surface area contributed by atoms with E-state index in [0.717, 1.165) is 25.6 Å². The van der Waals surface area contributed by atoms with Crippen molar-refractivity contribution in [3.63, 3.8) is 0 Å². The van der Waals surface area contributed by atoms with Crippen LogP contribution >= 0.6 is 11.8 Å². The van der Waals surface area contributed by atoms with Crippen LogP contribution in [0.25, 0.3) is 0 Å². The van der Waals surface area contributed by atoms with Crippen LogP contribution in [0.15, 0.2) is 0 Å². The Morgan fingerprint density at radius 2 is 1.76 bits per heavy atom. The van der Waals surface area contributed by atoms with Crippen molar-refractivity contribution in [1.82, 2.24) is 15.0 Å². The summed E-state index contributed by atoms with van der Waals surface area (Å²) in [4.78, 5) is 15.7. The number of nitrogens with zero attached hydrogens (tertiary/aromatic N) is 4. The van der Waals surface area contributed by atoms with Crippen LogP contribution in [0.5, 0.6) is 0 Å². The van der Waals surface area contributed by atoms with E-state index in [1.54, 1.807) is 0 Å². The average Bonchev–Trinajstić information content (AvgIpc) is 2.53. The number of hydrogen-bond acceptors (Lipinski definition) is 7. The van der Waals surface area contributed by atoms with Crippen LogP contribution in [-0.2, 0) is 0 Å². The first-order valence-electron chi connectivity index (χ1n) is 7.52. The molecule has 0 spiro atoms. The SMILES string of the molecule is CNc1nc(NCC(C)(C)SC)nc(N2CCCCC2)n1. The van der Waals surface area contributed by atoms with E-state index in [0.29, 0.717) is 11.9 Å². The molecule has 21 heavy (non-hydrogen) atoms. The molecule has 7 heteroatoms. The lowest BCUT2D eigenvalue weighted by atomic mass is 10.1. The number of aromatic nitrogens is 3. The molecule has 0 aromatic carbocycles. The van der Waals surface area contributed by atoms with E-state index < -0.39 is 0 Å². The van der Waals surface area contributed by atoms with Crippen LogP contribution in [0.2, 0.25) is 0 Å². The zero-order valence-corrected chi connectivity index (χ0v) is 14.3. The predicted octanol–water partition coefficient (Wildman–Crippen LogP) is 2.46. The molecular weight excluding hydrogens is 284 g/mol. The highest BCUT2D eigenvalue weighted by atomic mass is 32.2. The molecule has 1 saturated heterocycles. The Morgan fingerprint density at radius 3 is 2.38 bits per heavy atom. The minimum atomic E-state index is 0.151. The number of nitrogens with one attached hydrogen (secondary N) is 2. The van der Waals surface area contributed by atoms with Crippen molar-refractivity contribution < 1.29 is 0 Å². The molecule has 1 aliphatic rings. The summed E-state index contributed by atoms with van der Waals surface area (Å²) >= 11 is 1.83. The van der Waals surface area contributed by atoms with Crippen molar-refractivity contribution in [1.29, 1.82) is 0 Å². The van der Waals surface area contributed by atoms with E-state index in [1.165, 1.54) is 19.3 Å². The molecule has 6 nitrogen and oxygen atoms in total. The number of thioether (sulfide) groups is 1. The molecule has 2 rings (SSSR count). The van der Waals surface area contributed by atoms with Gasteiger partial charge in [-0.25, -0.2) is 0 Å². The van der Waals surface area contributed by atoms with Crippen molar-refractivity contribution in [2.45, 2.75) is 37.9 Å². The van der Waals surface area contributed by atoms with Gasteiger partial charge in [-0.2, -0.15) is 26.7 Å². The van der Waals surface area contributed by atoms with Gasteiger partial charge in [0, 0.05) is 31.4 Å². The molecule has 0 unspecified atom stereocenters. The lowest BCUT2D eigenvalue weighted by molar-refractivity contribution is 0.567.